The van der Waals surface area contributed by atoms with E-state index in [1.54, 1.807) is 0 Å². The first-order valence-electron chi connectivity index (χ1n) is 7.13. The zero-order valence-corrected chi connectivity index (χ0v) is 11.8. The Bertz CT molecular complexity index is 434. The predicted octanol–water partition coefficient (Wildman–Crippen LogP) is 5.40. The van der Waals surface area contributed by atoms with Crippen molar-refractivity contribution in [1.82, 2.24) is 0 Å². The Balaban J connectivity index is 2.06. The molecule has 0 nitrogen and oxygen atoms in total. The second-order valence-electron chi connectivity index (χ2n) is 5.57. The molecule has 0 bridgehead atoms. The summed E-state index contributed by atoms with van der Waals surface area (Å²) in [4.78, 5) is 0. The van der Waals surface area contributed by atoms with Gasteiger partial charge in [-0.1, -0.05) is 67.5 Å². The van der Waals surface area contributed by atoms with Crippen molar-refractivity contribution in [2.45, 2.75) is 46.0 Å². The van der Waals surface area contributed by atoms with E-state index in [-0.39, 0.29) is 0 Å². The van der Waals surface area contributed by atoms with Crippen LogP contribution in [0.1, 0.15) is 50.2 Å². The van der Waals surface area contributed by atoms with Crippen molar-refractivity contribution in [2.75, 3.05) is 0 Å². The summed E-state index contributed by atoms with van der Waals surface area (Å²) in [6.45, 7) is 6.72. The maximum atomic E-state index is 2.42. The highest BCUT2D eigenvalue weighted by Crippen LogP contribution is 2.29. The van der Waals surface area contributed by atoms with Crippen molar-refractivity contribution in [1.29, 1.82) is 0 Å². The van der Waals surface area contributed by atoms with Gasteiger partial charge in [-0.15, -0.1) is 0 Å². The Labute approximate surface area is 111 Å². The molecule has 1 aliphatic rings. The molecule has 0 amide bonds. The summed E-state index contributed by atoms with van der Waals surface area (Å²) in [5, 5.41) is 0. The molecule has 0 heteroatoms. The topological polar surface area (TPSA) is 0 Å². The van der Waals surface area contributed by atoms with Crippen LogP contribution >= 0.6 is 0 Å². The van der Waals surface area contributed by atoms with E-state index in [1.165, 1.54) is 36.0 Å². The molecule has 96 valence electrons. The molecule has 2 atom stereocenters. The second-order valence-corrected chi connectivity index (χ2v) is 5.57. The largest absolute Gasteiger partial charge is 0.0811 e. The minimum atomic E-state index is 0.662. The molecule has 0 fully saturated rings. The van der Waals surface area contributed by atoms with Crippen LogP contribution in [0.2, 0.25) is 0 Å². The molecule has 1 aliphatic carbocycles. The first kappa shape index (κ1) is 13.1. The van der Waals surface area contributed by atoms with E-state index in [0.29, 0.717) is 11.8 Å². The lowest BCUT2D eigenvalue weighted by molar-refractivity contribution is 0.648. The van der Waals surface area contributed by atoms with E-state index in [1.807, 2.05) is 0 Å². The lowest BCUT2D eigenvalue weighted by Gasteiger charge is -2.19. The fourth-order valence-corrected chi connectivity index (χ4v) is 2.54. The molecule has 1 aromatic rings. The van der Waals surface area contributed by atoms with E-state index in [2.05, 4.69) is 63.3 Å². The lowest BCUT2D eigenvalue weighted by atomic mass is 9.86. The van der Waals surface area contributed by atoms with E-state index in [9.17, 15) is 0 Å². The number of benzene rings is 1. The summed E-state index contributed by atoms with van der Waals surface area (Å²) in [7, 11) is 0. The molecule has 0 aliphatic heterocycles. The first-order chi connectivity index (χ1) is 8.69. The average molecular weight is 240 g/mol. The summed E-state index contributed by atoms with van der Waals surface area (Å²) in [6, 6.07) is 9.04. The fraction of sp³-hybridized carbons (Fsp3) is 0.444. The van der Waals surface area contributed by atoms with Gasteiger partial charge in [-0.05, 0) is 43.6 Å². The van der Waals surface area contributed by atoms with Crippen molar-refractivity contribution in [2.24, 2.45) is 5.92 Å². The molecule has 0 saturated carbocycles. The molecule has 0 heterocycles. The zero-order valence-electron chi connectivity index (χ0n) is 11.8. The van der Waals surface area contributed by atoms with Gasteiger partial charge in [0.1, 0.15) is 0 Å². The van der Waals surface area contributed by atoms with E-state index >= 15 is 0 Å². The normalized spacial score (nSPS) is 20.6. The smallest absolute Gasteiger partial charge is 0.0124 e. The van der Waals surface area contributed by atoms with Gasteiger partial charge in [-0.2, -0.15) is 0 Å². The van der Waals surface area contributed by atoms with E-state index in [0.717, 1.165) is 0 Å². The average Bonchev–Trinajstić information content (AvgIpc) is 2.39. The molecule has 0 N–H and O–H groups in total. The highest BCUT2D eigenvalue weighted by molar-refractivity contribution is 5.30. The second kappa shape index (κ2) is 6.04. The highest BCUT2D eigenvalue weighted by atomic mass is 14.2. The third kappa shape index (κ3) is 3.35. The van der Waals surface area contributed by atoms with Crippen LogP contribution < -0.4 is 0 Å². The van der Waals surface area contributed by atoms with E-state index < -0.39 is 0 Å². The summed E-state index contributed by atoms with van der Waals surface area (Å²) < 4.78 is 0. The monoisotopic (exact) mass is 240 g/mol. The molecule has 2 rings (SSSR count). The first-order valence-corrected chi connectivity index (χ1v) is 7.13. The number of hydrogen-bond acceptors (Lipinski definition) is 0. The van der Waals surface area contributed by atoms with Crippen molar-refractivity contribution in [3.05, 3.63) is 59.2 Å². The van der Waals surface area contributed by atoms with Crippen LogP contribution in [-0.2, 0) is 0 Å². The van der Waals surface area contributed by atoms with Gasteiger partial charge in [0, 0.05) is 0 Å². The van der Waals surface area contributed by atoms with Gasteiger partial charge in [0.2, 0.25) is 0 Å². The van der Waals surface area contributed by atoms with Crippen molar-refractivity contribution < 1.29 is 0 Å². The van der Waals surface area contributed by atoms with Crippen LogP contribution in [0.25, 0.3) is 0 Å². The Hall–Kier alpha value is -1.30. The van der Waals surface area contributed by atoms with Crippen LogP contribution in [0.5, 0.6) is 0 Å². The van der Waals surface area contributed by atoms with Crippen molar-refractivity contribution in [3.63, 3.8) is 0 Å². The quantitative estimate of drug-likeness (QED) is 0.661. The third-order valence-corrected chi connectivity index (χ3v) is 3.91. The summed E-state index contributed by atoms with van der Waals surface area (Å²) in [5.41, 5.74) is 4.34. The molecule has 2 unspecified atom stereocenters. The van der Waals surface area contributed by atoms with Crippen LogP contribution in [-0.4, -0.2) is 0 Å². The molecular formula is C18H24. The molecular weight excluding hydrogens is 216 g/mol. The van der Waals surface area contributed by atoms with Gasteiger partial charge in [-0.25, -0.2) is 0 Å². The van der Waals surface area contributed by atoms with Gasteiger partial charge in [0.05, 0.1) is 0 Å². The number of allylic oxidation sites excluding steroid dienone is 4. The SMILES string of the molecule is CCC(CC1=CCC(C)C=C1)c1ccc(C)cc1. The van der Waals surface area contributed by atoms with E-state index in [4.69, 9.17) is 0 Å². The lowest BCUT2D eigenvalue weighted by Crippen LogP contribution is -2.01. The minimum absolute atomic E-state index is 0.662. The van der Waals surface area contributed by atoms with Gasteiger partial charge >= 0.3 is 0 Å². The third-order valence-electron chi connectivity index (χ3n) is 3.91. The summed E-state index contributed by atoms with van der Waals surface area (Å²) >= 11 is 0. The van der Waals surface area contributed by atoms with Gasteiger partial charge < -0.3 is 0 Å². The molecule has 1 aromatic carbocycles. The predicted molar refractivity (Wildman–Crippen MR) is 79.8 cm³/mol. The fourth-order valence-electron chi connectivity index (χ4n) is 2.54. The minimum Gasteiger partial charge on any atom is -0.0811 e. The van der Waals surface area contributed by atoms with Crippen LogP contribution in [0, 0.1) is 12.8 Å². The van der Waals surface area contributed by atoms with Crippen molar-refractivity contribution in [3.8, 4) is 0 Å². The summed E-state index contributed by atoms with van der Waals surface area (Å²) in [5.74, 6) is 1.38. The van der Waals surface area contributed by atoms with Crippen LogP contribution in [0.15, 0.2) is 48.1 Å². The maximum Gasteiger partial charge on any atom is -0.0124 e. The zero-order chi connectivity index (χ0) is 13.0. The molecule has 18 heavy (non-hydrogen) atoms. The maximum absolute atomic E-state index is 2.42. The Kier molecular flexibility index (Phi) is 4.41. The van der Waals surface area contributed by atoms with Crippen molar-refractivity contribution >= 4 is 0 Å². The standard InChI is InChI=1S/C18H24/c1-4-17(18-11-7-15(3)8-12-18)13-16-9-5-14(2)6-10-16/h5,7-12,14,17H,4,6,13H2,1-3H3. The Morgan fingerprint density at radius 3 is 2.50 bits per heavy atom. The van der Waals surface area contributed by atoms with Gasteiger partial charge in [0.15, 0.2) is 0 Å². The molecule has 0 spiro atoms. The molecule has 0 aromatic heterocycles. The molecule has 0 saturated heterocycles. The van der Waals surface area contributed by atoms with Gasteiger partial charge in [0.25, 0.3) is 0 Å². The Morgan fingerprint density at radius 2 is 1.94 bits per heavy atom. The van der Waals surface area contributed by atoms with Crippen LogP contribution in [0.4, 0.5) is 0 Å². The number of aryl methyl sites for hydroxylation is 1. The Morgan fingerprint density at radius 1 is 1.22 bits per heavy atom. The van der Waals surface area contributed by atoms with Crippen LogP contribution in [0.3, 0.4) is 0 Å². The van der Waals surface area contributed by atoms with Gasteiger partial charge in [-0.3, -0.25) is 0 Å². The number of hydrogen-bond donors (Lipinski definition) is 0. The highest BCUT2D eigenvalue weighted by Gasteiger charge is 2.12. The summed E-state index contributed by atoms with van der Waals surface area (Å²) in [6.07, 6.45) is 10.7. The number of rotatable bonds is 4. The molecule has 0 radical (unpaired) electrons.